The standard InChI is InChI=1S/C18H20.C2H6/c1-15(2)13-14-18(16-9-5-3-6-10-16)17-11-7-4-8-12-17;1-2/h3-12,14-15H,13H2,1-2H3;1-2H3. The maximum absolute atomic E-state index is 2.36. The summed E-state index contributed by atoms with van der Waals surface area (Å²) in [5, 5.41) is 0. The van der Waals surface area contributed by atoms with E-state index in [1.54, 1.807) is 0 Å². The van der Waals surface area contributed by atoms with Gasteiger partial charge >= 0.3 is 0 Å². The Morgan fingerprint density at radius 1 is 0.800 bits per heavy atom. The van der Waals surface area contributed by atoms with Crippen molar-refractivity contribution in [1.29, 1.82) is 0 Å². The number of benzene rings is 2. The predicted molar refractivity (Wildman–Crippen MR) is 90.8 cm³/mol. The molecular formula is C20H26. The Morgan fingerprint density at radius 2 is 1.20 bits per heavy atom. The third kappa shape index (κ3) is 5.05. The van der Waals surface area contributed by atoms with Crippen LogP contribution in [0.4, 0.5) is 0 Å². The minimum Gasteiger partial charge on any atom is -0.0758 e. The molecule has 2 aromatic carbocycles. The first-order valence-corrected chi connectivity index (χ1v) is 7.58. The molecule has 2 aromatic rings. The average molecular weight is 266 g/mol. The molecule has 0 spiro atoms. The van der Waals surface area contributed by atoms with E-state index in [-0.39, 0.29) is 0 Å². The van der Waals surface area contributed by atoms with Gasteiger partial charge in [0.05, 0.1) is 0 Å². The second-order valence-electron chi connectivity index (χ2n) is 4.98. The van der Waals surface area contributed by atoms with Gasteiger partial charge in [-0.25, -0.2) is 0 Å². The lowest BCUT2D eigenvalue weighted by Crippen LogP contribution is -1.90. The molecular weight excluding hydrogens is 240 g/mol. The van der Waals surface area contributed by atoms with Crippen LogP contribution in [0, 0.1) is 5.92 Å². The minimum atomic E-state index is 0.687. The van der Waals surface area contributed by atoms with E-state index < -0.39 is 0 Å². The molecule has 0 aliphatic carbocycles. The Labute approximate surface area is 124 Å². The fourth-order valence-electron chi connectivity index (χ4n) is 1.99. The summed E-state index contributed by atoms with van der Waals surface area (Å²) in [5.41, 5.74) is 3.93. The molecule has 0 atom stereocenters. The zero-order chi connectivity index (χ0) is 14.8. The molecule has 0 aliphatic heterocycles. The molecule has 0 bridgehead atoms. The van der Waals surface area contributed by atoms with Crippen molar-refractivity contribution < 1.29 is 0 Å². The first-order chi connectivity index (χ1) is 9.77. The topological polar surface area (TPSA) is 0 Å². The van der Waals surface area contributed by atoms with E-state index in [1.807, 2.05) is 13.8 Å². The first kappa shape index (κ1) is 16.2. The van der Waals surface area contributed by atoms with E-state index in [2.05, 4.69) is 80.6 Å². The van der Waals surface area contributed by atoms with E-state index in [0.29, 0.717) is 5.92 Å². The van der Waals surface area contributed by atoms with E-state index in [4.69, 9.17) is 0 Å². The summed E-state index contributed by atoms with van der Waals surface area (Å²) in [6.45, 7) is 8.51. The maximum Gasteiger partial charge on any atom is -0.0151 e. The van der Waals surface area contributed by atoms with Crippen LogP contribution >= 0.6 is 0 Å². The third-order valence-electron chi connectivity index (χ3n) is 2.96. The van der Waals surface area contributed by atoms with Gasteiger partial charge in [0.25, 0.3) is 0 Å². The molecule has 106 valence electrons. The lowest BCUT2D eigenvalue weighted by Gasteiger charge is -2.09. The Hall–Kier alpha value is -1.82. The van der Waals surface area contributed by atoms with Crippen LogP contribution in [0.25, 0.3) is 5.57 Å². The van der Waals surface area contributed by atoms with Gasteiger partial charge in [0.1, 0.15) is 0 Å². The van der Waals surface area contributed by atoms with E-state index >= 15 is 0 Å². The van der Waals surface area contributed by atoms with Gasteiger partial charge in [0.15, 0.2) is 0 Å². The fourth-order valence-corrected chi connectivity index (χ4v) is 1.99. The van der Waals surface area contributed by atoms with Gasteiger partial charge in [-0.2, -0.15) is 0 Å². The Kier molecular flexibility index (Phi) is 7.42. The molecule has 0 aromatic heterocycles. The molecule has 0 radical (unpaired) electrons. The molecule has 20 heavy (non-hydrogen) atoms. The number of rotatable bonds is 4. The molecule has 0 saturated carbocycles. The van der Waals surface area contributed by atoms with Crippen LogP contribution in [-0.2, 0) is 0 Å². The Bertz CT molecular complexity index is 451. The molecule has 0 N–H and O–H groups in total. The largest absolute Gasteiger partial charge is 0.0758 e. The fraction of sp³-hybridized carbons (Fsp3) is 0.300. The van der Waals surface area contributed by atoms with Gasteiger partial charge in [-0.05, 0) is 29.0 Å². The van der Waals surface area contributed by atoms with Crippen molar-refractivity contribution in [2.24, 2.45) is 5.92 Å². The maximum atomic E-state index is 2.36. The van der Waals surface area contributed by atoms with Crippen LogP contribution in [0.2, 0.25) is 0 Å². The van der Waals surface area contributed by atoms with Gasteiger partial charge in [-0.15, -0.1) is 0 Å². The monoisotopic (exact) mass is 266 g/mol. The average Bonchev–Trinajstić information content (AvgIpc) is 2.51. The summed E-state index contributed by atoms with van der Waals surface area (Å²) in [4.78, 5) is 0. The quantitative estimate of drug-likeness (QED) is 0.619. The van der Waals surface area contributed by atoms with Gasteiger partial charge in [-0.1, -0.05) is 94.4 Å². The molecule has 2 rings (SSSR count). The minimum absolute atomic E-state index is 0.687. The summed E-state index contributed by atoms with van der Waals surface area (Å²) < 4.78 is 0. The van der Waals surface area contributed by atoms with Crippen LogP contribution in [-0.4, -0.2) is 0 Å². The zero-order valence-electron chi connectivity index (χ0n) is 13.1. The molecule has 0 heteroatoms. The second-order valence-corrected chi connectivity index (χ2v) is 4.98. The highest BCUT2D eigenvalue weighted by molar-refractivity contribution is 5.79. The van der Waals surface area contributed by atoms with Crippen molar-refractivity contribution in [3.63, 3.8) is 0 Å². The van der Waals surface area contributed by atoms with Crippen molar-refractivity contribution in [3.05, 3.63) is 77.9 Å². The Morgan fingerprint density at radius 3 is 1.55 bits per heavy atom. The molecule has 0 heterocycles. The first-order valence-electron chi connectivity index (χ1n) is 7.58. The van der Waals surface area contributed by atoms with E-state index in [1.165, 1.54) is 16.7 Å². The van der Waals surface area contributed by atoms with Crippen molar-refractivity contribution in [1.82, 2.24) is 0 Å². The van der Waals surface area contributed by atoms with Gasteiger partial charge in [0, 0.05) is 0 Å². The van der Waals surface area contributed by atoms with Gasteiger partial charge < -0.3 is 0 Å². The summed E-state index contributed by atoms with van der Waals surface area (Å²) >= 11 is 0. The highest BCUT2D eigenvalue weighted by Crippen LogP contribution is 2.24. The molecule has 0 amide bonds. The van der Waals surface area contributed by atoms with Crippen molar-refractivity contribution >= 4 is 5.57 Å². The zero-order valence-corrected chi connectivity index (χ0v) is 13.1. The van der Waals surface area contributed by atoms with Gasteiger partial charge in [-0.3, -0.25) is 0 Å². The number of hydrogen-bond acceptors (Lipinski definition) is 0. The lowest BCUT2D eigenvalue weighted by molar-refractivity contribution is 0.664. The summed E-state index contributed by atoms with van der Waals surface area (Å²) in [6.07, 6.45) is 3.47. The highest BCUT2D eigenvalue weighted by atomic mass is 14.1. The third-order valence-corrected chi connectivity index (χ3v) is 2.96. The highest BCUT2D eigenvalue weighted by Gasteiger charge is 2.04. The van der Waals surface area contributed by atoms with Crippen LogP contribution in [0.5, 0.6) is 0 Å². The second kappa shape index (κ2) is 9.14. The number of hydrogen-bond donors (Lipinski definition) is 0. The van der Waals surface area contributed by atoms with E-state index in [9.17, 15) is 0 Å². The summed E-state index contributed by atoms with van der Waals surface area (Å²) in [6, 6.07) is 21.2. The normalized spacial score (nSPS) is 9.65. The predicted octanol–water partition coefficient (Wildman–Crippen LogP) is 6.19. The summed E-state index contributed by atoms with van der Waals surface area (Å²) in [5.74, 6) is 0.687. The van der Waals surface area contributed by atoms with Gasteiger partial charge in [0.2, 0.25) is 0 Å². The smallest absolute Gasteiger partial charge is 0.0151 e. The van der Waals surface area contributed by atoms with E-state index in [0.717, 1.165) is 6.42 Å². The van der Waals surface area contributed by atoms with Crippen LogP contribution in [0.3, 0.4) is 0 Å². The molecule has 0 aliphatic rings. The van der Waals surface area contributed by atoms with Crippen molar-refractivity contribution in [2.75, 3.05) is 0 Å². The van der Waals surface area contributed by atoms with Crippen LogP contribution in [0.1, 0.15) is 45.2 Å². The molecule has 0 nitrogen and oxygen atoms in total. The van der Waals surface area contributed by atoms with Crippen LogP contribution < -0.4 is 0 Å². The van der Waals surface area contributed by atoms with Crippen molar-refractivity contribution in [3.8, 4) is 0 Å². The SMILES string of the molecule is CC.CC(C)CC=C(c1ccccc1)c1ccccc1. The molecule has 0 unspecified atom stereocenters. The van der Waals surface area contributed by atoms with Crippen LogP contribution in [0.15, 0.2) is 66.7 Å². The lowest BCUT2D eigenvalue weighted by atomic mass is 9.95. The molecule has 0 saturated heterocycles. The number of allylic oxidation sites excluding steroid dienone is 1. The Balaban J connectivity index is 0.000000956. The summed E-state index contributed by atoms with van der Waals surface area (Å²) in [7, 11) is 0. The van der Waals surface area contributed by atoms with Crippen molar-refractivity contribution in [2.45, 2.75) is 34.1 Å². The molecule has 0 fully saturated rings.